The van der Waals surface area contributed by atoms with Crippen LogP contribution in [0.1, 0.15) is 12.5 Å². The number of nitrogen functional groups attached to an aromatic ring is 1. The lowest BCUT2D eigenvalue weighted by molar-refractivity contribution is -0.383. The van der Waals surface area contributed by atoms with Crippen LogP contribution in [0.2, 0.25) is 0 Å². The number of hydrogen-bond donors (Lipinski definition) is 2. The molecule has 9 heteroatoms. The zero-order valence-corrected chi connectivity index (χ0v) is 15.0. The van der Waals surface area contributed by atoms with E-state index in [0.717, 1.165) is 29.3 Å². The van der Waals surface area contributed by atoms with E-state index in [1.807, 2.05) is 30.3 Å². The molecular weight excluding hydrogens is 358 g/mol. The van der Waals surface area contributed by atoms with Crippen LogP contribution < -0.4 is 11.2 Å². The quantitative estimate of drug-likeness (QED) is 0.312. The van der Waals surface area contributed by atoms with Gasteiger partial charge in [0.25, 0.3) is 0 Å². The van der Waals surface area contributed by atoms with Crippen molar-refractivity contribution in [3.8, 4) is 0 Å². The SMILES string of the molecule is CCn1c2ccccc2c2cc(/C=N/Nc3ncnc(N)c3[N+](=O)[O-])ccc21. The van der Waals surface area contributed by atoms with Gasteiger partial charge in [0.1, 0.15) is 6.33 Å². The number of nitrogens with two attached hydrogens (primary N) is 1. The van der Waals surface area contributed by atoms with Crippen LogP contribution in [0.5, 0.6) is 0 Å². The largest absolute Gasteiger partial charge is 0.378 e. The highest BCUT2D eigenvalue weighted by Gasteiger charge is 2.20. The zero-order valence-electron chi connectivity index (χ0n) is 15.0. The maximum atomic E-state index is 11.1. The first-order chi connectivity index (χ1) is 13.6. The molecule has 3 N–H and O–H groups in total. The van der Waals surface area contributed by atoms with Crippen LogP contribution in [0.3, 0.4) is 0 Å². The van der Waals surface area contributed by atoms with Gasteiger partial charge in [-0.25, -0.2) is 9.97 Å². The normalized spacial score (nSPS) is 11.5. The predicted molar refractivity (Wildman–Crippen MR) is 109 cm³/mol. The van der Waals surface area contributed by atoms with Gasteiger partial charge in [0.2, 0.25) is 11.6 Å². The molecule has 0 amide bonds. The van der Waals surface area contributed by atoms with Crippen molar-refractivity contribution >= 4 is 45.3 Å². The van der Waals surface area contributed by atoms with Gasteiger partial charge in [-0.1, -0.05) is 24.3 Å². The summed E-state index contributed by atoms with van der Waals surface area (Å²) >= 11 is 0. The minimum Gasteiger partial charge on any atom is -0.378 e. The maximum Gasteiger partial charge on any atom is 0.354 e. The van der Waals surface area contributed by atoms with E-state index in [0.29, 0.717) is 0 Å². The number of rotatable bonds is 5. The van der Waals surface area contributed by atoms with E-state index in [1.165, 1.54) is 10.9 Å². The Morgan fingerprint density at radius 1 is 1.21 bits per heavy atom. The number of para-hydroxylation sites is 1. The van der Waals surface area contributed by atoms with Gasteiger partial charge in [-0.3, -0.25) is 15.5 Å². The lowest BCUT2D eigenvalue weighted by atomic mass is 10.1. The molecule has 0 bridgehead atoms. The topological polar surface area (TPSA) is 124 Å². The van der Waals surface area contributed by atoms with E-state index in [4.69, 9.17) is 5.73 Å². The molecule has 0 unspecified atom stereocenters. The number of aryl methyl sites for hydroxylation is 1. The summed E-state index contributed by atoms with van der Waals surface area (Å²) in [4.78, 5) is 18.0. The fourth-order valence-corrected chi connectivity index (χ4v) is 3.31. The second-order valence-corrected chi connectivity index (χ2v) is 6.12. The fraction of sp³-hybridized carbons (Fsp3) is 0.105. The van der Waals surface area contributed by atoms with Crippen LogP contribution in [-0.2, 0) is 6.54 Å². The van der Waals surface area contributed by atoms with Gasteiger partial charge in [-0.05, 0) is 30.7 Å². The summed E-state index contributed by atoms with van der Waals surface area (Å²) in [6, 6.07) is 14.3. The lowest BCUT2D eigenvalue weighted by Crippen LogP contribution is -2.04. The Morgan fingerprint density at radius 3 is 2.79 bits per heavy atom. The van der Waals surface area contributed by atoms with Gasteiger partial charge in [-0.2, -0.15) is 5.10 Å². The number of nitro groups is 1. The van der Waals surface area contributed by atoms with E-state index in [-0.39, 0.29) is 11.6 Å². The summed E-state index contributed by atoms with van der Waals surface area (Å²) in [5.41, 5.74) is 10.9. The molecule has 0 aliphatic carbocycles. The van der Waals surface area contributed by atoms with Crippen molar-refractivity contribution in [3.05, 3.63) is 64.5 Å². The van der Waals surface area contributed by atoms with Gasteiger partial charge in [0.05, 0.1) is 11.1 Å². The van der Waals surface area contributed by atoms with Crippen LogP contribution in [0.25, 0.3) is 21.8 Å². The molecule has 0 saturated carbocycles. The second-order valence-electron chi connectivity index (χ2n) is 6.12. The molecule has 0 fully saturated rings. The molecule has 2 heterocycles. The molecule has 0 aliphatic rings. The van der Waals surface area contributed by atoms with Crippen molar-refractivity contribution in [2.75, 3.05) is 11.2 Å². The molecule has 0 spiro atoms. The summed E-state index contributed by atoms with van der Waals surface area (Å²) in [5, 5.41) is 17.5. The van der Waals surface area contributed by atoms with E-state index in [9.17, 15) is 10.1 Å². The summed E-state index contributed by atoms with van der Waals surface area (Å²) in [6.45, 7) is 2.99. The number of hydrogen-bond acceptors (Lipinski definition) is 7. The van der Waals surface area contributed by atoms with Crippen molar-refractivity contribution in [1.29, 1.82) is 0 Å². The number of benzene rings is 2. The van der Waals surface area contributed by atoms with Crippen molar-refractivity contribution in [2.24, 2.45) is 5.10 Å². The summed E-state index contributed by atoms with van der Waals surface area (Å²) in [6.07, 6.45) is 2.73. The fourth-order valence-electron chi connectivity index (χ4n) is 3.31. The monoisotopic (exact) mass is 375 g/mol. The van der Waals surface area contributed by atoms with E-state index in [1.54, 1.807) is 6.21 Å². The molecule has 140 valence electrons. The minimum absolute atomic E-state index is 0.0580. The molecule has 9 nitrogen and oxygen atoms in total. The van der Waals surface area contributed by atoms with Crippen LogP contribution in [0.4, 0.5) is 17.3 Å². The number of aromatic nitrogens is 3. The van der Waals surface area contributed by atoms with E-state index in [2.05, 4.69) is 44.1 Å². The first-order valence-electron chi connectivity index (χ1n) is 8.65. The van der Waals surface area contributed by atoms with Gasteiger partial charge >= 0.3 is 5.69 Å². The third-order valence-corrected chi connectivity index (χ3v) is 4.53. The number of nitrogens with one attached hydrogen (secondary N) is 1. The summed E-state index contributed by atoms with van der Waals surface area (Å²) in [5.74, 6) is -0.274. The Kier molecular flexibility index (Phi) is 4.32. The number of nitrogens with zero attached hydrogens (tertiary/aromatic N) is 5. The lowest BCUT2D eigenvalue weighted by Gasteiger charge is -2.03. The number of fused-ring (bicyclic) bond motifs is 3. The van der Waals surface area contributed by atoms with Crippen LogP contribution in [0.15, 0.2) is 53.9 Å². The highest BCUT2D eigenvalue weighted by molar-refractivity contribution is 6.09. The van der Waals surface area contributed by atoms with Gasteiger partial charge < -0.3 is 10.3 Å². The van der Waals surface area contributed by atoms with Gasteiger partial charge in [-0.15, -0.1) is 0 Å². The number of hydrazone groups is 1. The standard InChI is InChI=1S/C19H17N7O2/c1-2-25-15-6-4-3-5-13(15)14-9-12(7-8-16(14)25)10-23-24-19-17(26(27)28)18(20)21-11-22-19/h3-11H,2H2,1H3,(H3,20,21,22,24)/b23-10+. The molecule has 2 aromatic heterocycles. The van der Waals surface area contributed by atoms with Crippen LogP contribution in [-0.4, -0.2) is 25.7 Å². The predicted octanol–water partition coefficient (Wildman–Crippen LogP) is 3.54. The molecule has 28 heavy (non-hydrogen) atoms. The first kappa shape index (κ1) is 17.4. The zero-order chi connectivity index (χ0) is 19.7. The van der Waals surface area contributed by atoms with Crippen molar-refractivity contribution < 1.29 is 4.92 Å². The van der Waals surface area contributed by atoms with Crippen LogP contribution in [0, 0.1) is 10.1 Å². The molecule has 0 atom stereocenters. The Morgan fingerprint density at radius 2 is 2.00 bits per heavy atom. The Hall–Kier alpha value is -4.01. The highest BCUT2D eigenvalue weighted by atomic mass is 16.6. The minimum atomic E-state index is -0.640. The number of anilines is 2. The van der Waals surface area contributed by atoms with E-state index >= 15 is 0 Å². The van der Waals surface area contributed by atoms with Crippen LogP contribution >= 0.6 is 0 Å². The average molecular weight is 375 g/mol. The third kappa shape index (κ3) is 2.88. The molecule has 0 saturated heterocycles. The molecule has 0 radical (unpaired) electrons. The highest BCUT2D eigenvalue weighted by Crippen LogP contribution is 2.29. The maximum absolute atomic E-state index is 11.1. The summed E-state index contributed by atoms with van der Waals surface area (Å²) in [7, 11) is 0. The van der Waals surface area contributed by atoms with E-state index < -0.39 is 10.6 Å². The van der Waals surface area contributed by atoms with Gasteiger partial charge in [0.15, 0.2) is 0 Å². The second kappa shape index (κ2) is 6.95. The smallest absolute Gasteiger partial charge is 0.354 e. The van der Waals surface area contributed by atoms with Gasteiger partial charge in [0, 0.05) is 28.4 Å². The molecule has 2 aromatic carbocycles. The summed E-state index contributed by atoms with van der Waals surface area (Å²) < 4.78 is 2.26. The molecular formula is C19H17N7O2. The Bertz CT molecular complexity index is 1230. The molecule has 4 rings (SSSR count). The first-order valence-corrected chi connectivity index (χ1v) is 8.65. The third-order valence-electron chi connectivity index (χ3n) is 4.53. The average Bonchev–Trinajstić information content (AvgIpc) is 3.01. The molecule has 0 aliphatic heterocycles. The van der Waals surface area contributed by atoms with Crippen molar-refractivity contribution in [1.82, 2.24) is 14.5 Å². The van der Waals surface area contributed by atoms with Crippen molar-refractivity contribution in [2.45, 2.75) is 13.5 Å². The van der Waals surface area contributed by atoms with Crippen molar-refractivity contribution in [3.63, 3.8) is 0 Å². The Balaban J connectivity index is 1.69. The molecule has 4 aromatic rings. The Labute approximate surface area is 159 Å².